The van der Waals surface area contributed by atoms with E-state index >= 15 is 0 Å². The van der Waals surface area contributed by atoms with Crippen LogP contribution in [0.2, 0.25) is 12.6 Å². The number of aryl methyl sites for hydroxylation is 4. The molecule has 0 atom stereocenters. The van der Waals surface area contributed by atoms with Crippen molar-refractivity contribution in [3.63, 3.8) is 0 Å². The molecule has 2 aromatic heterocycles. The fraction of sp³-hybridized carbons (Fsp3) is 0.647. The van der Waals surface area contributed by atoms with Gasteiger partial charge in [0.05, 0.1) is 26.2 Å². The predicted octanol–water partition coefficient (Wildman–Crippen LogP) is 2.02. The van der Waals surface area contributed by atoms with Crippen molar-refractivity contribution in [1.82, 2.24) is 9.13 Å². The highest BCUT2D eigenvalue weighted by atomic mass is 16.4. The predicted molar refractivity (Wildman–Crippen MR) is 92.2 cm³/mol. The highest BCUT2D eigenvalue weighted by molar-refractivity contribution is 6.51. The largest absolute Gasteiger partial charge is 0.438 e. The Labute approximate surface area is 140 Å². The van der Waals surface area contributed by atoms with Gasteiger partial charge in [0.25, 0.3) is 6.92 Å². The van der Waals surface area contributed by atoms with Gasteiger partial charge in [0, 0.05) is 7.11 Å². The molecule has 2 rings (SSSR count). The van der Waals surface area contributed by atoms with Crippen molar-refractivity contribution < 1.29 is 13.8 Å². The molecule has 5 nitrogen and oxygen atoms in total. The van der Waals surface area contributed by atoms with Gasteiger partial charge in [0.2, 0.25) is 12.7 Å². The molecule has 0 aromatic carbocycles. The second-order valence-corrected chi connectivity index (χ2v) is 6.11. The van der Waals surface area contributed by atoms with E-state index < -0.39 is 0 Å². The molecule has 0 aliphatic rings. The minimum Gasteiger partial charge on any atom is -0.438 e. The Bertz CT molecular complexity index is 518. The minimum absolute atomic E-state index is 0.373. The smallest absolute Gasteiger partial charge is 0.292 e. The zero-order valence-electron chi connectivity index (χ0n) is 14.9. The summed E-state index contributed by atoms with van der Waals surface area (Å²) >= 11 is 0. The standard InChI is InChI=1S/C17H31BN4O/c1-4-19-12-14-21(16-19)10-6-8-18(23-3)9-7-11-22-15-13-20(5-2)17-22/h12-17H,4-11H2,1-3H3/q+2. The van der Waals surface area contributed by atoms with Gasteiger partial charge in [0.15, 0.2) is 0 Å². The molecule has 0 fully saturated rings. The summed E-state index contributed by atoms with van der Waals surface area (Å²) in [5.74, 6) is 0. The van der Waals surface area contributed by atoms with Crippen LogP contribution < -0.4 is 9.13 Å². The van der Waals surface area contributed by atoms with Crippen molar-refractivity contribution in [2.75, 3.05) is 7.11 Å². The van der Waals surface area contributed by atoms with Crippen LogP contribution in [0, 0.1) is 0 Å². The third-order valence-electron chi connectivity index (χ3n) is 4.44. The zero-order valence-corrected chi connectivity index (χ0v) is 14.9. The summed E-state index contributed by atoms with van der Waals surface area (Å²) < 4.78 is 14.6. The number of aromatic nitrogens is 4. The van der Waals surface area contributed by atoms with Crippen LogP contribution in [0.1, 0.15) is 26.7 Å². The Kier molecular flexibility index (Phi) is 7.39. The summed E-state index contributed by atoms with van der Waals surface area (Å²) in [6.45, 7) is 8.91. The number of hydrogen-bond acceptors (Lipinski definition) is 1. The van der Waals surface area contributed by atoms with Crippen molar-refractivity contribution in [3.05, 3.63) is 37.4 Å². The summed E-state index contributed by atoms with van der Waals surface area (Å²) in [5, 5.41) is 0. The van der Waals surface area contributed by atoms with Gasteiger partial charge < -0.3 is 4.65 Å². The van der Waals surface area contributed by atoms with Crippen LogP contribution in [-0.4, -0.2) is 23.2 Å². The first-order chi connectivity index (χ1) is 11.2. The van der Waals surface area contributed by atoms with E-state index in [0.717, 1.165) is 51.7 Å². The van der Waals surface area contributed by atoms with Crippen LogP contribution in [0.4, 0.5) is 0 Å². The summed E-state index contributed by atoms with van der Waals surface area (Å²) in [4.78, 5) is 0. The fourth-order valence-corrected chi connectivity index (χ4v) is 2.90. The first-order valence-corrected chi connectivity index (χ1v) is 8.87. The molecule has 23 heavy (non-hydrogen) atoms. The van der Waals surface area contributed by atoms with E-state index in [1.165, 1.54) is 0 Å². The molecule has 0 aliphatic carbocycles. The van der Waals surface area contributed by atoms with Crippen molar-refractivity contribution in [2.45, 2.75) is 65.5 Å². The lowest BCUT2D eigenvalue weighted by Crippen LogP contribution is -2.33. The van der Waals surface area contributed by atoms with E-state index in [1.54, 1.807) is 0 Å². The second-order valence-electron chi connectivity index (χ2n) is 6.11. The second kappa shape index (κ2) is 9.55. The Balaban J connectivity index is 1.64. The molecule has 2 aromatic rings. The topological polar surface area (TPSA) is 26.8 Å². The maximum atomic E-state index is 5.65. The Morgan fingerprint density at radius 2 is 1.35 bits per heavy atom. The Morgan fingerprint density at radius 3 is 1.70 bits per heavy atom. The van der Waals surface area contributed by atoms with Gasteiger partial charge in [-0.3, -0.25) is 0 Å². The van der Waals surface area contributed by atoms with Gasteiger partial charge >= 0.3 is 0 Å². The van der Waals surface area contributed by atoms with Crippen LogP contribution in [0.3, 0.4) is 0 Å². The summed E-state index contributed by atoms with van der Waals surface area (Å²) in [7, 11) is 1.84. The van der Waals surface area contributed by atoms with Gasteiger partial charge in [0.1, 0.15) is 24.8 Å². The molecule has 0 saturated heterocycles. The van der Waals surface area contributed by atoms with E-state index in [1.807, 2.05) is 7.11 Å². The van der Waals surface area contributed by atoms with Crippen LogP contribution >= 0.6 is 0 Å². The summed E-state index contributed by atoms with van der Waals surface area (Å²) in [6.07, 6.45) is 17.5. The average Bonchev–Trinajstić information content (AvgIpc) is 3.22. The Morgan fingerprint density at radius 1 is 0.870 bits per heavy atom. The molecule has 0 radical (unpaired) electrons. The third kappa shape index (κ3) is 5.86. The molecule has 126 valence electrons. The minimum atomic E-state index is 0.373. The highest BCUT2D eigenvalue weighted by Gasteiger charge is 2.15. The highest BCUT2D eigenvalue weighted by Crippen LogP contribution is 2.07. The molecular formula is C17H31BN4O+2. The van der Waals surface area contributed by atoms with Crippen LogP contribution in [0.25, 0.3) is 0 Å². The van der Waals surface area contributed by atoms with E-state index in [0.29, 0.717) is 6.92 Å². The number of nitrogens with zero attached hydrogens (tertiary/aromatic N) is 4. The first-order valence-electron chi connectivity index (χ1n) is 8.87. The third-order valence-corrected chi connectivity index (χ3v) is 4.44. The number of imidazole rings is 2. The van der Waals surface area contributed by atoms with Crippen molar-refractivity contribution in [1.29, 1.82) is 0 Å². The molecule has 0 aliphatic heterocycles. The molecule has 2 heterocycles. The van der Waals surface area contributed by atoms with Gasteiger partial charge in [-0.05, 0) is 39.3 Å². The van der Waals surface area contributed by atoms with E-state index in [-0.39, 0.29) is 0 Å². The zero-order chi connectivity index (χ0) is 16.5. The van der Waals surface area contributed by atoms with E-state index in [2.05, 4.69) is 69.6 Å². The molecular weight excluding hydrogens is 287 g/mol. The molecule has 0 amide bonds. The maximum absolute atomic E-state index is 5.65. The maximum Gasteiger partial charge on any atom is 0.292 e. The lowest BCUT2D eigenvalue weighted by Gasteiger charge is -2.09. The van der Waals surface area contributed by atoms with Crippen LogP contribution in [0.5, 0.6) is 0 Å². The first kappa shape index (κ1) is 17.8. The van der Waals surface area contributed by atoms with Gasteiger partial charge in [-0.25, -0.2) is 18.3 Å². The van der Waals surface area contributed by atoms with Crippen molar-refractivity contribution >= 4 is 6.92 Å². The normalized spacial score (nSPS) is 11.1. The van der Waals surface area contributed by atoms with Crippen LogP contribution in [0.15, 0.2) is 37.4 Å². The van der Waals surface area contributed by atoms with E-state index in [9.17, 15) is 0 Å². The molecule has 0 unspecified atom stereocenters. The summed E-state index contributed by atoms with van der Waals surface area (Å²) in [6, 6.07) is 0. The van der Waals surface area contributed by atoms with Gasteiger partial charge in [-0.15, -0.1) is 0 Å². The van der Waals surface area contributed by atoms with Gasteiger partial charge in [-0.2, -0.15) is 0 Å². The number of rotatable bonds is 11. The Hall–Kier alpha value is -1.56. The number of hydrogen-bond donors (Lipinski definition) is 0. The van der Waals surface area contributed by atoms with E-state index in [4.69, 9.17) is 4.65 Å². The van der Waals surface area contributed by atoms with Crippen molar-refractivity contribution in [2.24, 2.45) is 0 Å². The SMILES string of the molecule is CCn1cc[n+](CCCB(CCC[n+]2ccn(CC)c2)OC)c1. The lowest BCUT2D eigenvalue weighted by molar-refractivity contribution is -0.696. The molecule has 6 heteroatoms. The quantitative estimate of drug-likeness (QED) is 0.460. The molecule has 0 saturated carbocycles. The average molecular weight is 318 g/mol. The van der Waals surface area contributed by atoms with Crippen LogP contribution in [-0.2, 0) is 30.8 Å². The molecule has 0 spiro atoms. The lowest BCUT2D eigenvalue weighted by atomic mass is 9.60. The molecule has 0 N–H and O–H groups in total. The summed E-state index contributed by atoms with van der Waals surface area (Å²) in [5.41, 5.74) is 0. The monoisotopic (exact) mass is 318 g/mol. The van der Waals surface area contributed by atoms with Crippen molar-refractivity contribution in [3.8, 4) is 0 Å². The molecule has 0 bridgehead atoms. The fourth-order valence-electron chi connectivity index (χ4n) is 2.90. The van der Waals surface area contributed by atoms with Gasteiger partial charge in [-0.1, -0.05) is 0 Å².